The van der Waals surface area contributed by atoms with Crippen LogP contribution >= 0.6 is 0 Å². The van der Waals surface area contributed by atoms with Crippen LogP contribution < -0.4 is 4.72 Å². The van der Waals surface area contributed by atoms with Crippen LogP contribution in [0, 0.1) is 12.8 Å². The van der Waals surface area contributed by atoms with E-state index < -0.39 is 27.6 Å². The van der Waals surface area contributed by atoms with E-state index >= 15 is 0 Å². The van der Waals surface area contributed by atoms with Gasteiger partial charge in [-0.1, -0.05) is 0 Å². The van der Waals surface area contributed by atoms with Gasteiger partial charge < -0.3 is 9.52 Å². The maximum absolute atomic E-state index is 14.5. The molecule has 0 saturated heterocycles. The first-order chi connectivity index (χ1) is 9.72. The normalized spacial score (nSPS) is 26.7. The summed E-state index contributed by atoms with van der Waals surface area (Å²) >= 11 is 0. The zero-order valence-electron chi connectivity index (χ0n) is 11.6. The van der Waals surface area contributed by atoms with Crippen LogP contribution in [0.15, 0.2) is 21.8 Å². The molecule has 1 aliphatic rings. The van der Waals surface area contributed by atoms with Crippen LogP contribution in [0.5, 0.6) is 0 Å². The number of carboxylic acid groups (broad SMARTS) is 1. The first kappa shape index (κ1) is 16.0. The van der Waals surface area contributed by atoms with Crippen LogP contribution in [0.2, 0.25) is 0 Å². The summed E-state index contributed by atoms with van der Waals surface area (Å²) in [5.74, 6) is -1.47. The van der Waals surface area contributed by atoms with Crippen molar-refractivity contribution in [1.29, 1.82) is 0 Å². The Kier molecular flexibility index (Phi) is 4.38. The van der Waals surface area contributed by atoms with E-state index in [2.05, 4.69) is 4.72 Å². The van der Waals surface area contributed by atoms with Crippen LogP contribution in [-0.2, 0) is 14.8 Å². The fraction of sp³-hybridized carbons (Fsp3) is 0.615. The Morgan fingerprint density at radius 2 is 2.14 bits per heavy atom. The highest BCUT2D eigenvalue weighted by atomic mass is 32.2. The third-order valence-electron chi connectivity index (χ3n) is 3.78. The number of hydrogen-bond acceptors (Lipinski definition) is 4. The minimum atomic E-state index is -3.88. The van der Waals surface area contributed by atoms with Crippen LogP contribution in [-0.4, -0.2) is 31.7 Å². The number of carbonyl (C=O) groups is 1. The zero-order chi connectivity index (χ0) is 15.7. The molecule has 0 unspecified atom stereocenters. The fourth-order valence-corrected chi connectivity index (χ4v) is 3.51. The summed E-state index contributed by atoms with van der Waals surface area (Å²) in [6.45, 7) is 1.31. The number of aliphatic carboxylic acids is 1. The molecule has 0 radical (unpaired) electrons. The van der Waals surface area contributed by atoms with Crippen LogP contribution in [0.3, 0.4) is 0 Å². The lowest BCUT2D eigenvalue weighted by molar-refractivity contribution is -0.143. The summed E-state index contributed by atoms with van der Waals surface area (Å²) < 4.78 is 45.5. The third kappa shape index (κ3) is 3.82. The van der Waals surface area contributed by atoms with Crippen molar-refractivity contribution in [1.82, 2.24) is 4.72 Å². The van der Waals surface area contributed by atoms with E-state index in [0.29, 0.717) is 5.56 Å². The van der Waals surface area contributed by atoms with E-state index in [-0.39, 0.29) is 37.3 Å². The summed E-state index contributed by atoms with van der Waals surface area (Å²) in [5, 5.41) is 8.62. The monoisotopic (exact) mass is 319 g/mol. The summed E-state index contributed by atoms with van der Waals surface area (Å²) in [7, 11) is -3.88. The van der Waals surface area contributed by atoms with E-state index in [4.69, 9.17) is 9.52 Å². The summed E-state index contributed by atoms with van der Waals surface area (Å²) in [5.41, 5.74) is -1.05. The SMILES string of the molecule is Cc1coc(S(=O)(=O)NCC2(F)CCC(C(=O)O)CC2)c1. The highest BCUT2D eigenvalue weighted by Crippen LogP contribution is 2.35. The molecule has 21 heavy (non-hydrogen) atoms. The van der Waals surface area contributed by atoms with Gasteiger partial charge in [-0.2, -0.15) is 0 Å². The van der Waals surface area contributed by atoms with Gasteiger partial charge in [0.2, 0.25) is 5.09 Å². The second kappa shape index (κ2) is 5.76. The molecule has 0 amide bonds. The molecule has 118 valence electrons. The number of nitrogens with one attached hydrogen (secondary N) is 1. The molecule has 0 spiro atoms. The Balaban J connectivity index is 1.95. The van der Waals surface area contributed by atoms with Crippen molar-refractivity contribution < 1.29 is 27.1 Å². The van der Waals surface area contributed by atoms with Gasteiger partial charge >= 0.3 is 5.97 Å². The Bertz CT molecular complexity index is 616. The van der Waals surface area contributed by atoms with E-state index in [9.17, 15) is 17.6 Å². The second-order valence-corrected chi connectivity index (χ2v) is 7.23. The lowest BCUT2D eigenvalue weighted by atomic mass is 9.80. The lowest BCUT2D eigenvalue weighted by Crippen LogP contribution is -2.42. The molecule has 0 atom stereocenters. The molecule has 1 heterocycles. The van der Waals surface area contributed by atoms with Gasteiger partial charge in [-0.05, 0) is 38.2 Å². The van der Waals surface area contributed by atoms with Crippen molar-refractivity contribution >= 4 is 16.0 Å². The summed E-state index contributed by atoms with van der Waals surface area (Å²) in [6, 6.07) is 1.36. The molecule has 1 aliphatic carbocycles. The topological polar surface area (TPSA) is 96.6 Å². The lowest BCUT2D eigenvalue weighted by Gasteiger charge is -2.32. The third-order valence-corrected chi connectivity index (χ3v) is 5.05. The molecule has 6 nitrogen and oxygen atoms in total. The minimum absolute atomic E-state index is 0.0314. The molecule has 0 bridgehead atoms. The number of halogens is 1. The average Bonchev–Trinajstić information content (AvgIpc) is 2.85. The maximum Gasteiger partial charge on any atom is 0.306 e. The average molecular weight is 319 g/mol. The van der Waals surface area contributed by atoms with Gasteiger partial charge in [-0.15, -0.1) is 0 Å². The summed E-state index contributed by atoms with van der Waals surface area (Å²) in [4.78, 5) is 10.8. The van der Waals surface area contributed by atoms with Gasteiger partial charge in [-0.3, -0.25) is 4.79 Å². The quantitative estimate of drug-likeness (QED) is 0.863. The van der Waals surface area contributed by atoms with Gasteiger partial charge in [-0.25, -0.2) is 17.5 Å². The largest absolute Gasteiger partial charge is 0.481 e. The summed E-state index contributed by atoms with van der Waals surface area (Å²) in [6.07, 6.45) is 1.80. The highest BCUT2D eigenvalue weighted by molar-refractivity contribution is 7.89. The van der Waals surface area contributed by atoms with E-state index in [1.54, 1.807) is 6.92 Å². The first-order valence-corrected chi connectivity index (χ1v) is 8.17. The van der Waals surface area contributed by atoms with Gasteiger partial charge in [0.25, 0.3) is 10.0 Å². The number of sulfonamides is 1. The van der Waals surface area contributed by atoms with Gasteiger partial charge in [0.1, 0.15) is 5.67 Å². The molecule has 1 aromatic heterocycles. The van der Waals surface area contributed by atoms with Crippen molar-refractivity contribution in [3.05, 3.63) is 17.9 Å². The fourth-order valence-electron chi connectivity index (χ4n) is 2.40. The number of rotatable bonds is 5. The molecule has 2 rings (SSSR count). The van der Waals surface area contributed by atoms with Crippen LogP contribution in [0.25, 0.3) is 0 Å². The smallest absolute Gasteiger partial charge is 0.306 e. The molecular formula is C13H18FNO5S. The van der Waals surface area contributed by atoms with Crippen molar-refractivity contribution in [2.24, 2.45) is 5.92 Å². The Hall–Kier alpha value is -1.41. The van der Waals surface area contributed by atoms with Gasteiger partial charge in [0.15, 0.2) is 0 Å². The predicted molar refractivity (Wildman–Crippen MR) is 72.1 cm³/mol. The van der Waals surface area contributed by atoms with E-state index in [1.807, 2.05) is 0 Å². The molecule has 0 aliphatic heterocycles. The number of furan rings is 1. The van der Waals surface area contributed by atoms with Crippen LogP contribution in [0.4, 0.5) is 4.39 Å². The Morgan fingerprint density at radius 3 is 2.62 bits per heavy atom. The molecule has 1 saturated carbocycles. The predicted octanol–water partition coefficient (Wildman–Crippen LogP) is 1.85. The Labute approximate surface area is 122 Å². The molecule has 2 N–H and O–H groups in total. The molecule has 0 aromatic carbocycles. The Morgan fingerprint density at radius 1 is 1.52 bits per heavy atom. The number of carboxylic acids is 1. The number of aryl methyl sites for hydroxylation is 1. The molecule has 1 fully saturated rings. The maximum atomic E-state index is 14.5. The molecule has 8 heteroatoms. The number of alkyl halides is 1. The molecular weight excluding hydrogens is 301 g/mol. The van der Waals surface area contributed by atoms with Crippen molar-refractivity contribution in [2.75, 3.05) is 6.54 Å². The van der Waals surface area contributed by atoms with Gasteiger partial charge in [0.05, 0.1) is 12.2 Å². The van der Waals surface area contributed by atoms with E-state index in [0.717, 1.165) is 0 Å². The van der Waals surface area contributed by atoms with Crippen molar-refractivity contribution in [2.45, 2.75) is 43.4 Å². The van der Waals surface area contributed by atoms with Crippen molar-refractivity contribution in [3.63, 3.8) is 0 Å². The highest BCUT2D eigenvalue weighted by Gasteiger charge is 2.38. The minimum Gasteiger partial charge on any atom is -0.481 e. The molecule has 1 aromatic rings. The first-order valence-electron chi connectivity index (χ1n) is 6.68. The number of hydrogen-bond donors (Lipinski definition) is 2. The zero-order valence-corrected chi connectivity index (χ0v) is 12.5. The van der Waals surface area contributed by atoms with Gasteiger partial charge in [0, 0.05) is 12.6 Å². The standard InChI is InChI=1S/C13H18FNO5S/c1-9-6-11(20-7-9)21(18,19)15-8-13(14)4-2-10(3-5-13)12(16)17/h6-7,10,15H,2-5,8H2,1H3,(H,16,17). The van der Waals surface area contributed by atoms with E-state index in [1.165, 1.54) is 12.3 Å². The second-order valence-electron chi connectivity index (χ2n) is 5.53. The van der Waals surface area contributed by atoms with Crippen LogP contribution in [0.1, 0.15) is 31.2 Å². The van der Waals surface area contributed by atoms with Crippen molar-refractivity contribution in [3.8, 4) is 0 Å².